The lowest BCUT2D eigenvalue weighted by Gasteiger charge is -2.20. The zero-order chi connectivity index (χ0) is 12.3. The predicted octanol–water partition coefficient (Wildman–Crippen LogP) is 2.83. The van der Waals surface area contributed by atoms with Crippen LogP contribution in [0.4, 0.5) is 5.82 Å². The summed E-state index contributed by atoms with van der Waals surface area (Å²) in [5.74, 6) is 2.59. The third-order valence-corrected chi connectivity index (χ3v) is 3.87. The average molecular weight is 229 g/mol. The van der Waals surface area contributed by atoms with Gasteiger partial charge in [-0.2, -0.15) is 5.26 Å². The van der Waals surface area contributed by atoms with Gasteiger partial charge < -0.3 is 4.90 Å². The largest absolute Gasteiger partial charge is 0.356 e. The third kappa shape index (κ3) is 2.58. The minimum atomic E-state index is 0.631. The fourth-order valence-corrected chi connectivity index (χ4v) is 2.43. The molecule has 2 unspecified atom stereocenters. The van der Waals surface area contributed by atoms with E-state index in [1.165, 1.54) is 12.8 Å². The Morgan fingerprint density at radius 1 is 1.59 bits per heavy atom. The van der Waals surface area contributed by atoms with E-state index in [4.69, 9.17) is 5.26 Å². The van der Waals surface area contributed by atoms with Gasteiger partial charge in [-0.15, -0.1) is 0 Å². The van der Waals surface area contributed by atoms with E-state index in [9.17, 15) is 0 Å². The lowest BCUT2D eigenvalue weighted by molar-refractivity contribution is 0.379. The molecule has 2 atom stereocenters. The van der Waals surface area contributed by atoms with Crippen LogP contribution >= 0.6 is 0 Å². The van der Waals surface area contributed by atoms with Crippen molar-refractivity contribution in [1.82, 2.24) is 4.98 Å². The summed E-state index contributed by atoms with van der Waals surface area (Å²) >= 11 is 0. The first-order valence-corrected chi connectivity index (χ1v) is 6.35. The monoisotopic (exact) mass is 229 g/mol. The van der Waals surface area contributed by atoms with Crippen LogP contribution < -0.4 is 4.90 Å². The van der Waals surface area contributed by atoms with E-state index in [0.29, 0.717) is 5.56 Å². The minimum absolute atomic E-state index is 0.631. The summed E-state index contributed by atoms with van der Waals surface area (Å²) in [6.45, 7) is 6.79. The molecule has 2 rings (SSSR count). The van der Waals surface area contributed by atoms with Gasteiger partial charge in [0.1, 0.15) is 11.9 Å². The number of anilines is 1. The van der Waals surface area contributed by atoms with E-state index in [0.717, 1.165) is 30.7 Å². The van der Waals surface area contributed by atoms with Crippen molar-refractivity contribution in [2.45, 2.75) is 26.7 Å². The van der Waals surface area contributed by atoms with Crippen LogP contribution in [0.5, 0.6) is 0 Å². The second-order valence-corrected chi connectivity index (χ2v) is 4.90. The fourth-order valence-electron chi connectivity index (χ4n) is 2.43. The molecule has 0 aliphatic carbocycles. The maximum absolute atomic E-state index is 8.74. The van der Waals surface area contributed by atoms with Crippen LogP contribution in [0.1, 0.15) is 32.3 Å². The number of hydrogen-bond acceptors (Lipinski definition) is 3. The second-order valence-electron chi connectivity index (χ2n) is 4.90. The standard InChI is InChI=1S/C14H19N3/c1-3-11(2)13-6-7-17(10-13)14-5-4-12(8-15)9-16-14/h4-5,9,11,13H,3,6-7,10H2,1-2H3. The molecule has 1 aromatic heterocycles. The highest BCUT2D eigenvalue weighted by molar-refractivity contribution is 5.42. The maximum Gasteiger partial charge on any atom is 0.128 e. The molecule has 0 aromatic carbocycles. The van der Waals surface area contributed by atoms with Crippen molar-refractivity contribution in [2.24, 2.45) is 11.8 Å². The number of hydrogen-bond donors (Lipinski definition) is 0. The van der Waals surface area contributed by atoms with Gasteiger partial charge in [-0.1, -0.05) is 20.3 Å². The van der Waals surface area contributed by atoms with Crippen molar-refractivity contribution in [1.29, 1.82) is 5.26 Å². The summed E-state index contributed by atoms with van der Waals surface area (Å²) in [5.41, 5.74) is 0.631. The normalized spacial score (nSPS) is 21.2. The van der Waals surface area contributed by atoms with Crippen molar-refractivity contribution in [3.05, 3.63) is 23.9 Å². The van der Waals surface area contributed by atoms with Crippen LogP contribution in [0.3, 0.4) is 0 Å². The molecule has 0 spiro atoms. The molecule has 3 heteroatoms. The predicted molar refractivity (Wildman–Crippen MR) is 68.7 cm³/mol. The quantitative estimate of drug-likeness (QED) is 0.800. The molecular formula is C14H19N3. The van der Waals surface area contributed by atoms with E-state index in [1.807, 2.05) is 12.1 Å². The summed E-state index contributed by atoms with van der Waals surface area (Å²) < 4.78 is 0. The molecule has 0 N–H and O–H groups in total. The van der Waals surface area contributed by atoms with Gasteiger partial charge in [-0.05, 0) is 30.4 Å². The number of rotatable bonds is 3. The van der Waals surface area contributed by atoms with E-state index in [1.54, 1.807) is 6.20 Å². The number of nitrogens with zero attached hydrogens (tertiary/aromatic N) is 3. The van der Waals surface area contributed by atoms with E-state index < -0.39 is 0 Å². The number of nitriles is 1. The SMILES string of the molecule is CCC(C)C1CCN(c2ccc(C#N)cn2)C1. The van der Waals surface area contributed by atoms with Gasteiger partial charge in [0.15, 0.2) is 0 Å². The highest BCUT2D eigenvalue weighted by Crippen LogP contribution is 2.28. The smallest absolute Gasteiger partial charge is 0.128 e. The van der Waals surface area contributed by atoms with Crippen molar-refractivity contribution in [2.75, 3.05) is 18.0 Å². The van der Waals surface area contributed by atoms with Crippen LogP contribution in [0.2, 0.25) is 0 Å². The first kappa shape index (κ1) is 11.9. The van der Waals surface area contributed by atoms with Gasteiger partial charge in [-0.3, -0.25) is 0 Å². The van der Waals surface area contributed by atoms with Crippen LogP contribution in [0, 0.1) is 23.2 Å². The first-order valence-electron chi connectivity index (χ1n) is 6.35. The Kier molecular flexibility index (Phi) is 3.63. The number of pyridine rings is 1. The molecule has 17 heavy (non-hydrogen) atoms. The van der Waals surface area contributed by atoms with Gasteiger partial charge in [0.05, 0.1) is 5.56 Å². The van der Waals surface area contributed by atoms with Gasteiger partial charge in [0.2, 0.25) is 0 Å². The zero-order valence-electron chi connectivity index (χ0n) is 10.6. The third-order valence-electron chi connectivity index (χ3n) is 3.87. The Labute approximate surface area is 103 Å². The molecular weight excluding hydrogens is 210 g/mol. The molecule has 0 radical (unpaired) electrons. The summed E-state index contributed by atoms with van der Waals surface area (Å²) in [5, 5.41) is 8.74. The van der Waals surface area contributed by atoms with Gasteiger partial charge in [-0.25, -0.2) is 4.98 Å². The molecule has 1 aliphatic rings. The van der Waals surface area contributed by atoms with Gasteiger partial charge in [0.25, 0.3) is 0 Å². The Morgan fingerprint density at radius 3 is 3.00 bits per heavy atom. The van der Waals surface area contributed by atoms with E-state index in [2.05, 4.69) is 29.8 Å². The molecule has 2 heterocycles. The lowest BCUT2D eigenvalue weighted by atomic mass is 9.91. The average Bonchev–Trinajstić information content (AvgIpc) is 2.87. The van der Waals surface area contributed by atoms with Crippen molar-refractivity contribution in [3.63, 3.8) is 0 Å². The lowest BCUT2D eigenvalue weighted by Crippen LogP contribution is -2.22. The number of aromatic nitrogens is 1. The molecule has 90 valence electrons. The molecule has 1 aromatic rings. The summed E-state index contributed by atoms with van der Waals surface area (Å²) in [6.07, 6.45) is 4.17. The second kappa shape index (κ2) is 5.18. The molecule has 3 nitrogen and oxygen atoms in total. The molecule has 0 bridgehead atoms. The highest BCUT2D eigenvalue weighted by Gasteiger charge is 2.26. The Hall–Kier alpha value is -1.56. The van der Waals surface area contributed by atoms with Crippen LogP contribution in [0.15, 0.2) is 18.3 Å². The first-order chi connectivity index (χ1) is 8.24. The molecule has 0 saturated carbocycles. The maximum atomic E-state index is 8.74. The summed E-state index contributed by atoms with van der Waals surface area (Å²) in [4.78, 5) is 6.69. The molecule has 1 saturated heterocycles. The zero-order valence-corrected chi connectivity index (χ0v) is 10.6. The van der Waals surface area contributed by atoms with Gasteiger partial charge in [0, 0.05) is 19.3 Å². The Morgan fingerprint density at radius 2 is 2.41 bits per heavy atom. The van der Waals surface area contributed by atoms with Crippen molar-refractivity contribution in [3.8, 4) is 6.07 Å². The van der Waals surface area contributed by atoms with Crippen molar-refractivity contribution >= 4 is 5.82 Å². The molecule has 1 fully saturated rings. The summed E-state index contributed by atoms with van der Waals surface area (Å²) in [7, 11) is 0. The Bertz CT molecular complexity index is 404. The van der Waals surface area contributed by atoms with Gasteiger partial charge >= 0.3 is 0 Å². The van der Waals surface area contributed by atoms with Crippen LogP contribution in [-0.4, -0.2) is 18.1 Å². The van der Waals surface area contributed by atoms with Crippen LogP contribution in [-0.2, 0) is 0 Å². The van der Waals surface area contributed by atoms with Crippen LogP contribution in [0.25, 0.3) is 0 Å². The Balaban J connectivity index is 2.02. The topological polar surface area (TPSA) is 39.9 Å². The fraction of sp³-hybridized carbons (Fsp3) is 0.571. The minimum Gasteiger partial charge on any atom is -0.356 e. The summed E-state index contributed by atoms with van der Waals surface area (Å²) in [6, 6.07) is 5.90. The van der Waals surface area contributed by atoms with Crippen molar-refractivity contribution < 1.29 is 0 Å². The highest BCUT2D eigenvalue weighted by atomic mass is 15.2. The molecule has 1 aliphatic heterocycles. The molecule has 0 amide bonds. The van der Waals surface area contributed by atoms with E-state index >= 15 is 0 Å². The van der Waals surface area contributed by atoms with E-state index in [-0.39, 0.29) is 0 Å².